The molecule has 0 aliphatic carbocycles. The summed E-state index contributed by atoms with van der Waals surface area (Å²) in [5.41, 5.74) is 4.23. The van der Waals surface area contributed by atoms with Crippen molar-refractivity contribution in [2.45, 2.75) is 38.0 Å². The smallest absolute Gasteiger partial charge is 0.214 e. The van der Waals surface area contributed by atoms with Gasteiger partial charge in [0.05, 0.1) is 24.5 Å². The third-order valence-corrected chi connectivity index (χ3v) is 6.47. The van der Waals surface area contributed by atoms with E-state index in [1.807, 2.05) is 43.5 Å². The highest BCUT2D eigenvalue weighted by Crippen LogP contribution is 2.29. The maximum atomic E-state index is 12.2. The number of aromatic nitrogens is 1. The largest absolute Gasteiger partial charge is 0.379 e. The lowest BCUT2D eigenvalue weighted by molar-refractivity contribution is 0.189. The van der Waals surface area contributed by atoms with Crippen LogP contribution in [0, 0.1) is 6.92 Å². The van der Waals surface area contributed by atoms with Crippen LogP contribution in [0.1, 0.15) is 31.0 Å². The van der Waals surface area contributed by atoms with Crippen LogP contribution in [-0.2, 0) is 14.8 Å². The lowest BCUT2D eigenvalue weighted by Gasteiger charge is -2.21. The van der Waals surface area contributed by atoms with E-state index in [4.69, 9.17) is 4.74 Å². The van der Waals surface area contributed by atoms with E-state index in [0.717, 1.165) is 22.4 Å². The molecule has 2 atom stereocenters. The van der Waals surface area contributed by atoms with Crippen molar-refractivity contribution in [3.8, 4) is 11.1 Å². The number of pyridine rings is 1. The molecule has 1 aliphatic heterocycles. The van der Waals surface area contributed by atoms with Gasteiger partial charge in [0, 0.05) is 23.4 Å². The van der Waals surface area contributed by atoms with E-state index in [0.29, 0.717) is 13.2 Å². The van der Waals surface area contributed by atoms with Gasteiger partial charge in [0.1, 0.15) is 0 Å². The molecule has 1 saturated heterocycles. The molecule has 134 valence electrons. The van der Waals surface area contributed by atoms with Crippen molar-refractivity contribution in [1.82, 2.24) is 9.71 Å². The summed E-state index contributed by atoms with van der Waals surface area (Å²) in [6.07, 6.45) is 1.86. The van der Waals surface area contributed by atoms with E-state index in [1.165, 1.54) is 0 Å². The second-order valence-electron chi connectivity index (χ2n) is 6.77. The molecule has 1 fully saturated rings. The number of nitrogens with one attached hydrogen (secondary N) is 1. The molecule has 0 unspecified atom stereocenters. The average molecular weight is 360 g/mol. The number of ether oxygens (including phenoxy) is 1. The summed E-state index contributed by atoms with van der Waals surface area (Å²) in [5, 5.41) is -0.454. The molecule has 1 aliphatic rings. The Morgan fingerprint density at radius 1 is 1.08 bits per heavy atom. The van der Waals surface area contributed by atoms with Crippen LogP contribution < -0.4 is 4.72 Å². The second-order valence-corrected chi connectivity index (χ2v) is 9.04. The number of nitrogens with zero attached hydrogens (tertiary/aromatic N) is 1. The fourth-order valence-corrected chi connectivity index (χ4v) is 3.83. The zero-order chi connectivity index (χ0) is 18.0. The van der Waals surface area contributed by atoms with Gasteiger partial charge in [-0.05, 0) is 38.0 Å². The molecule has 1 aromatic heterocycles. The van der Waals surface area contributed by atoms with E-state index in [9.17, 15) is 8.42 Å². The highest BCUT2D eigenvalue weighted by molar-refractivity contribution is 7.90. The van der Waals surface area contributed by atoms with E-state index in [1.54, 1.807) is 13.8 Å². The first-order chi connectivity index (χ1) is 11.9. The van der Waals surface area contributed by atoms with Crippen molar-refractivity contribution in [1.29, 1.82) is 0 Å². The third-order valence-electron chi connectivity index (χ3n) is 4.60. The highest BCUT2D eigenvalue weighted by Gasteiger charge is 2.33. The lowest BCUT2D eigenvalue weighted by atomic mass is 9.93. The molecule has 0 amide bonds. The predicted molar refractivity (Wildman–Crippen MR) is 98.9 cm³/mol. The molecular weight excluding hydrogens is 336 g/mol. The topological polar surface area (TPSA) is 68.3 Å². The number of aryl methyl sites for hydroxylation is 1. The monoisotopic (exact) mass is 360 g/mol. The van der Waals surface area contributed by atoms with Crippen molar-refractivity contribution in [3.63, 3.8) is 0 Å². The van der Waals surface area contributed by atoms with Gasteiger partial charge in [-0.1, -0.05) is 30.3 Å². The zero-order valence-electron chi connectivity index (χ0n) is 14.8. The Morgan fingerprint density at radius 2 is 1.76 bits per heavy atom. The van der Waals surface area contributed by atoms with Crippen LogP contribution in [0.5, 0.6) is 0 Å². The van der Waals surface area contributed by atoms with Crippen LogP contribution in [0.25, 0.3) is 11.1 Å². The maximum absolute atomic E-state index is 12.2. The Labute approximate surface area is 149 Å². The minimum Gasteiger partial charge on any atom is -0.379 e. The van der Waals surface area contributed by atoms with Gasteiger partial charge >= 0.3 is 0 Å². The Bertz CT molecular complexity index is 815. The van der Waals surface area contributed by atoms with Gasteiger partial charge in [0.15, 0.2) is 0 Å². The van der Waals surface area contributed by atoms with Crippen LogP contribution in [0.2, 0.25) is 0 Å². The van der Waals surface area contributed by atoms with Crippen LogP contribution in [-0.4, -0.2) is 37.9 Å². The number of hydrogen-bond acceptors (Lipinski definition) is 4. The standard InChI is InChI=1S/C19H24N2O3S/c1-13(2)25(22,23)21-19-12-24-11-18(19)16-8-6-15(7-9-16)17-5-4-14(3)20-10-17/h4-10,13,18-19,21H,11-12H2,1-3H3/t18-,19-/m1/s1. The van der Waals surface area contributed by atoms with Crippen LogP contribution >= 0.6 is 0 Å². The van der Waals surface area contributed by atoms with Gasteiger partial charge in [0.2, 0.25) is 10.0 Å². The zero-order valence-corrected chi connectivity index (χ0v) is 15.6. The molecule has 5 nitrogen and oxygen atoms in total. The maximum Gasteiger partial charge on any atom is 0.214 e. The molecular formula is C19H24N2O3S. The van der Waals surface area contributed by atoms with E-state index in [-0.39, 0.29) is 12.0 Å². The molecule has 3 rings (SSSR count). The predicted octanol–water partition coefficient (Wildman–Crippen LogP) is 2.87. The molecule has 0 spiro atoms. The molecule has 25 heavy (non-hydrogen) atoms. The summed E-state index contributed by atoms with van der Waals surface area (Å²) in [4.78, 5) is 4.33. The van der Waals surface area contributed by atoms with E-state index < -0.39 is 15.3 Å². The first-order valence-corrected chi connectivity index (χ1v) is 10.0. The van der Waals surface area contributed by atoms with Crippen molar-refractivity contribution < 1.29 is 13.2 Å². The normalized spacial score (nSPS) is 21.0. The summed E-state index contributed by atoms with van der Waals surface area (Å²) < 4.78 is 32.6. The molecule has 0 radical (unpaired) electrons. The Kier molecular flexibility index (Phi) is 5.22. The summed E-state index contributed by atoms with van der Waals surface area (Å²) in [6, 6.07) is 12.0. The minimum atomic E-state index is -3.32. The number of sulfonamides is 1. The molecule has 1 N–H and O–H groups in total. The van der Waals surface area contributed by atoms with Crippen molar-refractivity contribution >= 4 is 10.0 Å². The van der Waals surface area contributed by atoms with Gasteiger partial charge in [-0.2, -0.15) is 0 Å². The highest BCUT2D eigenvalue weighted by atomic mass is 32.2. The lowest BCUT2D eigenvalue weighted by Crippen LogP contribution is -2.42. The van der Waals surface area contributed by atoms with Gasteiger partial charge in [-0.25, -0.2) is 13.1 Å². The third kappa shape index (κ3) is 4.08. The Hall–Kier alpha value is -1.76. The van der Waals surface area contributed by atoms with Gasteiger partial charge in [-0.3, -0.25) is 4.98 Å². The number of benzene rings is 1. The summed E-state index contributed by atoms with van der Waals surface area (Å²) in [6.45, 7) is 6.25. The minimum absolute atomic E-state index is 0.0266. The summed E-state index contributed by atoms with van der Waals surface area (Å²) in [5.74, 6) is 0.0266. The average Bonchev–Trinajstić information content (AvgIpc) is 3.03. The number of rotatable bonds is 5. The molecule has 0 bridgehead atoms. The first-order valence-electron chi connectivity index (χ1n) is 8.48. The van der Waals surface area contributed by atoms with Gasteiger partial charge in [-0.15, -0.1) is 0 Å². The second kappa shape index (κ2) is 7.23. The van der Waals surface area contributed by atoms with E-state index in [2.05, 4.69) is 15.8 Å². The Balaban J connectivity index is 1.78. The van der Waals surface area contributed by atoms with Crippen molar-refractivity contribution in [2.75, 3.05) is 13.2 Å². The molecule has 2 heterocycles. The summed E-state index contributed by atoms with van der Waals surface area (Å²) >= 11 is 0. The van der Waals surface area contributed by atoms with Crippen molar-refractivity contribution in [3.05, 3.63) is 53.9 Å². The van der Waals surface area contributed by atoms with Gasteiger partial charge < -0.3 is 4.74 Å². The Morgan fingerprint density at radius 3 is 2.36 bits per heavy atom. The molecule has 6 heteroatoms. The fraction of sp³-hybridized carbons (Fsp3) is 0.421. The fourth-order valence-electron chi connectivity index (χ4n) is 2.91. The molecule has 1 aromatic carbocycles. The SMILES string of the molecule is Cc1ccc(-c2ccc([C@H]3COC[C@H]3NS(=O)(=O)C(C)C)cc2)cn1. The molecule has 2 aromatic rings. The van der Waals surface area contributed by atoms with Crippen LogP contribution in [0.4, 0.5) is 0 Å². The molecule has 0 saturated carbocycles. The first kappa shape index (κ1) is 18.0. The van der Waals surface area contributed by atoms with Gasteiger partial charge in [0.25, 0.3) is 0 Å². The summed E-state index contributed by atoms with van der Waals surface area (Å²) in [7, 11) is -3.32. The number of hydrogen-bond donors (Lipinski definition) is 1. The van der Waals surface area contributed by atoms with E-state index >= 15 is 0 Å². The quantitative estimate of drug-likeness (QED) is 0.890. The van der Waals surface area contributed by atoms with Crippen molar-refractivity contribution in [2.24, 2.45) is 0 Å². The van der Waals surface area contributed by atoms with Crippen LogP contribution in [0.3, 0.4) is 0 Å². The van der Waals surface area contributed by atoms with Crippen LogP contribution in [0.15, 0.2) is 42.6 Å².